The van der Waals surface area contributed by atoms with E-state index in [1.807, 2.05) is 0 Å². The number of anilines is 3. The van der Waals surface area contributed by atoms with E-state index < -0.39 is 134 Å². The Labute approximate surface area is 426 Å². The first-order valence-corrected chi connectivity index (χ1v) is 29.2. The summed E-state index contributed by atoms with van der Waals surface area (Å²) < 4.78 is 111. The summed E-state index contributed by atoms with van der Waals surface area (Å²) in [5.41, 5.74) is 15.8. The number of nitrogens with zero attached hydrogens (tertiary/aromatic N) is 10. The van der Waals surface area contributed by atoms with Gasteiger partial charge < -0.3 is 75.8 Å². The molecule has 0 aromatic carbocycles. The van der Waals surface area contributed by atoms with Crippen LogP contribution in [0.1, 0.15) is 18.7 Å². The molecule has 6 aromatic rings. The van der Waals surface area contributed by atoms with Gasteiger partial charge in [0.15, 0.2) is 41.4 Å². The second-order valence-corrected chi connectivity index (χ2v) is 25.2. The predicted octanol–water partition coefficient (Wildman–Crippen LogP) is -3.34. The summed E-state index contributed by atoms with van der Waals surface area (Å²) in [6, 6.07) is 0. The van der Waals surface area contributed by atoms with Crippen LogP contribution in [-0.4, -0.2) is 177 Å². The van der Waals surface area contributed by atoms with Gasteiger partial charge in [-0.3, -0.25) is 46.8 Å². The molecule has 9 heterocycles. The van der Waals surface area contributed by atoms with Crippen LogP contribution < -0.4 is 32.9 Å². The predicted molar refractivity (Wildman–Crippen MR) is 250 cm³/mol. The fourth-order valence-corrected chi connectivity index (χ4v) is 15.5. The van der Waals surface area contributed by atoms with Crippen molar-refractivity contribution in [3.63, 3.8) is 0 Å². The van der Waals surface area contributed by atoms with Gasteiger partial charge in [0.25, 0.3) is 17.1 Å². The first-order valence-electron chi connectivity index (χ1n) is 21.5. The van der Waals surface area contributed by atoms with E-state index in [2.05, 4.69) is 48.5 Å². The molecule has 3 aliphatic rings. The van der Waals surface area contributed by atoms with Gasteiger partial charge in [-0.2, -0.15) is 13.6 Å². The molecule has 0 radical (unpaired) electrons. The third-order valence-corrected chi connectivity index (χ3v) is 19.4. The first-order chi connectivity index (χ1) is 35.7. The maximum Gasteiger partial charge on any atom is 0.488 e. The number of hydrogen-bond acceptors (Lipinski definition) is 29. The zero-order valence-corrected chi connectivity index (χ0v) is 43.3. The molecule has 3 aliphatic heterocycles. The van der Waals surface area contributed by atoms with Crippen molar-refractivity contribution in [2.75, 3.05) is 50.4 Å². The maximum atomic E-state index is 13.7. The van der Waals surface area contributed by atoms with Gasteiger partial charge in [0.05, 0.1) is 39.0 Å². The van der Waals surface area contributed by atoms with Crippen molar-refractivity contribution in [1.29, 1.82) is 0 Å². The molecule has 0 amide bonds. The Morgan fingerprint density at radius 1 is 0.711 bits per heavy atom. The summed E-state index contributed by atoms with van der Waals surface area (Å²) in [6.07, 6.45) is -13.9. The molecular formula is C33H46N15O23P4S+. The van der Waals surface area contributed by atoms with Crippen molar-refractivity contribution in [1.82, 2.24) is 53.6 Å². The maximum absolute atomic E-state index is 13.7. The highest BCUT2D eigenvalue weighted by Crippen LogP contribution is 2.72. The summed E-state index contributed by atoms with van der Waals surface area (Å²) >= 11 is -0.153. The number of ether oxygens (including phenoxy) is 5. The normalized spacial score (nSPS) is 30.2. The zero-order chi connectivity index (χ0) is 55.0. The van der Waals surface area contributed by atoms with Gasteiger partial charge in [-0.1, -0.05) is 4.98 Å². The second kappa shape index (κ2) is 21.1. The van der Waals surface area contributed by atoms with E-state index >= 15 is 0 Å². The number of phosphoric ester groups is 2. The molecule has 3 fully saturated rings. The first kappa shape index (κ1) is 56.0. The molecule has 416 valence electrons. The molecule has 0 spiro atoms. The van der Waals surface area contributed by atoms with Crippen molar-refractivity contribution in [2.24, 2.45) is 7.05 Å². The Bertz CT molecular complexity index is 3490. The number of imidazole rings is 3. The smallest absolute Gasteiger partial charge is 0.387 e. The highest BCUT2D eigenvalue weighted by atomic mass is 32.7. The van der Waals surface area contributed by atoms with Crippen LogP contribution in [0.3, 0.4) is 0 Å². The number of aliphatic hydroxyl groups is 3. The van der Waals surface area contributed by atoms with Crippen LogP contribution in [-0.2, 0) is 71.2 Å². The minimum Gasteiger partial charge on any atom is -0.387 e. The van der Waals surface area contributed by atoms with Crippen molar-refractivity contribution < 1.29 is 104 Å². The highest BCUT2D eigenvalue weighted by molar-refractivity contribution is 8.55. The Morgan fingerprint density at radius 2 is 1.34 bits per heavy atom. The average molecular weight is 1180 g/mol. The van der Waals surface area contributed by atoms with E-state index in [1.165, 1.54) is 33.4 Å². The number of rotatable bonds is 20. The number of H-pyrrole nitrogens is 2. The highest BCUT2D eigenvalue weighted by Gasteiger charge is 2.54. The number of hydrogen-bond donors (Lipinski definition) is 12. The Balaban J connectivity index is 0.866. The average Bonchev–Trinajstić information content (AvgIpc) is 4.18. The number of methoxy groups -OCH3 is 2. The Hall–Kier alpha value is -4.76. The van der Waals surface area contributed by atoms with E-state index in [-0.39, 0.29) is 62.6 Å². The van der Waals surface area contributed by atoms with Crippen molar-refractivity contribution in [2.45, 2.75) is 73.6 Å². The van der Waals surface area contributed by atoms with Gasteiger partial charge in [-0.05, 0) is 11.4 Å². The van der Waals surface area contributed by atoms with E-state index in [0.717, 1.165) is 31.4 Å². The topological polar surface area (TPSA) is 542 Å². The minimum atomic E-state index is -6.08. The number of nitrogens with one attached hydrogen (secondary N) is 2. The van der Waals surface area contributed by atoms with Gasteiger partial charge in [0.1, 0.15) is 60.7 Å². The molecule has 43 heteroatoms. The van der Waals surface area contributed by atoms with Gasteiger partial charge in [0, 0.05) is 20.0 Å². The third kappa shape index (κ3) is 11.1. The second-order valence-electron chi connectivity index (χ2n) is 16.7. The monoisotopic (exact) mass is 1180 g/mol. The third-order valence-electron chi connectivity index (χ3n) is 11.8. The zero-order valence-electron chi connectivity index (χ0n) is 38.9. The Morgan fingerprint density at radius 3 is 2.05 bits per heavy atom. The molecule has 0 saturated carbocycles. The van der Waals surface area contributed by atoms with Gasteiger partial charge in [-0.25, -0.2) is 42.8 Å². The lowest BCUT2D eigenvalue weighted by atomic mass is 10.1. The molecule has 9 rings (SSSR count). The number of aromatic amines is 2. The molecule has 38 nitrogen and oxygen atoms in total. The van der Waals surface area contributed by atoms with Gasteiger partial charge in [0.2, 0.25) is 17.7 Å². The number of aryl methyl sites for hydroxylation is 1. The SMILES string of the molecule is COC1[C@@H](OP(=O)(O)OC[C@H]2O[C@@H](n3cnc4c(=O)[nH]c(N)nc43)[C@@H](O)C2O)[C@@H](CSP(=O)(O)OP(=O)(O)OP(=O)(O)OC[C@H]2O[C@@H]([n+]3cn(C)c4c(=O)[nH]c(N)nc43)[C@@H](O)C2OC)O[C@H]1n1cnc2c(N)ncnc21. The fourth-order valence-electron chi connectivity index (χ4n) is 8.57. The Kier molecular flexibility index (Phi) is 15.6. The van der Waals surface area contributed by atoms with Crippen LogP contribution in [0.4, 0.5) is 17.7 Å². The number of aliphatic hydroxyl groups excluding tert-OH is 3. The number of phosphoric acid groups is 3. The molecule has 7 unspecified atom stereocenters. The van der Waals surface area contributed by atoms with Crippen molar-refractivity contribution in [3.05, 3.63) is 46.0 Å². The quantitative estimate of drug-likeness (QED) is 0.0263. The van der Waals surface area contributed by atoms with E-state index in [4.69, 9.17) is 54.5 Å². The van der Waals surface area contributed by atoms with Crippen LogP contribution in [0.5, 0.6) is 0 Å². The fraction of sp³-hybridized carbons (Fsp3) is 0.545. The number of nitrogen functional groups attached to an aromatic ring is 3. The molecule has 0 aliphatic carbocycles. The molecular weight excluding hydrogens is 1130 g/mol. The van der Waals surface area contributed by atoms with Crippen LogP contribution >= 0.6 is 41.6 Å². The summed E-state index contributed by atoms with van der Waals surface area (Å²) in [7, 11) is -13.5. The molecule has 6 aromatic heterocycles. The van der Waals surface area contributed by atoms with Crippen LogP contribution in [0.15, 0.2) is 34.9 Å². The van der Waals surface area contributed by atoms with Crippen LogP contribution in [0.25, 0.3) is 33.5 Å². The number of nitrogens with two attached hydrogens (primary N) is 3. The van der Waals surface area contributed by atoms with E-state index in [1.54, 1.807) is 0 Å². The molecule has 76 heavy (non-hydrogen) atoms. The summed E-state index contributed by atoms with van der Waals surface area (Å²) in [5.74, 6) is -1.47. The number of aromatic nitrogens is 12. The molecule has 0 bridgehead atoms. The lowest BCUT2D eigenvalue weighted by Crippen LogP contribution is -2.46. The summed E-state index contributed by atoms with van der Waals surface area (Å²) in [5, 5.41) is 32.9. The minimum absolute atomic E-state index is 0.0298. The summed E-state index contributed by atoms with van der Waals surface area (Å²) in [4.78, 5) is 96.5. The molecule has 3 saturated heterocycles. The largest absolute Gasteiger partial charge is 0.488 e. The van der Waals surface area contributed by atoms with Gasteiger partial charge in [-0.15, -0.1) is 0 Å². The molecule has 16 atom stereocenters. The standard InChI is InChI=1S/C33H45N15O23P4S/c1-45-10-48(26-16(45)28(53)44-33(36)42-26)30-19(51)20(62-2)12(67-30)5-65-73(56,57)70-74(58,59)71-75(60,61)76-6-13-21(22(63-3)31(68-13)46-8-39-14-23(34)37-7-38-24(14)46)69-72(54,55)64-4-11-17(49)18(50)29(66-11)47-9-40-15-25(47)41-32(35)43-27(15)52/h7-13,17-22,29-31,49-51H,4-6H2,1-3H3,(H11-,34,35,36,37,38,41,42,43,44,52,53,54,55,56,57,58,59,60,61)/p+1/t11-,12-,13-,17?,18+,19+,20?,21+,22?,29-,30-,31-/m1/s1. The van der Waals surface area contributed by atoms with Crippen molar-refractivity contribution in [3.8, 4) is 0 Å². The molecule has 15 N–H and O–H groups in total. The van der Waals surface area contributed by atoms with E-state index in [9.17, 15) is 62.7 Å². The van der Waals surface area contributed by atoms with Gasteiger partial charge >= 0.3 is 35.9 Å². The van der Waals surface area contributed by atoms with E-state index in [0.29, 0.717) is 0 Å². The lowest BCUT2D eigenvalue weighted by Gasteiger charge is -2.26. The van der Waals surface area contributed by atoms with Crippen LogP contribution in [0.2, 0.25) is 0 Å². The van der Waals surface area contributed by atoms with Crippen LogP contribution in [0, 0.1) is 0 Å². The number of fused-ring (bicyclic) bond motifs is 3. The summed E-state index contributed by atoms with van der Waals surface area (Å²) in [6.45, 7) is -7.47. The lowest BCUT2D eigenvalue weighted by molar-refractivity contribution is -0.745. The van der Waals surface area contributed by atoms with Crippen molar-refractivity contribution >= 4 is 92.9 Å².